The zero-order chi connectivity index (χ0) is 20.2. The third-order valence-corrected chi connectivity index (χ3v) is 4.66. The Morgan fingerprint density at radius 1 is 1.00 bits per heavy atom. The lowest BCUT2D eigenvalue weighted by Gasteiger charge is -2.14. The van der Waals surface area contributed by atoms with Crippen LogP contribution in [0.5, 0.6) is 11.5 Å². The topological polar surface area (TPSA) is 105 Å². The van der Waals surface area contributed by atoms with Crippen LogP contribution in [0.2, 0.25) is 0 Å². The summed E-state index contributed by atoms with van der Waals surface area (Å²) in [5.74, 6) is 1.72. The second-order valence-corrected chi connectivity index (χ2v) is 7.05. The number of aromatic nitrogens is 4. The molecule has 8 nitrogen and oxygen atoms in total. The van der Waals surface area contributed by atoms with Crippen molar-refractivity contribution in [3.63, 3.8) is 0 Å². The standard InChI is InChI=1S/C20H17N5O3S/c1-25-23-20(22-24-25)18-13-17(29(26)27)10-11-19(18)21-14-6-5-9-16(12-14)28-15-7-3-2-4-8-15/h2-13,21H,1H3,(H,26,27)/p-1. The molecule has 9 heteroatoms. The Kier molecular flexibility index (Phi) is 5.32. The molecule has 1 aromatic heterocycles. The Morgan fingerprint density at radius 3 is 2.52 bits per heavy atom. The van der Waals surface area contributed by atoms with Crippen LogP contribution in [0, 0.1) is 0 Å². The molecule has 0 fully saturated rings. The van der Waals surface area contributed by atoms with Gasteiger partial charge in [0, 0.05) is 27.9 Å². The number of benzene rings is 3. The third-order valence-electron chi connectivity index (χ3n) is 4.02. The predicted molar refractivity (Wildman–Crippen MR) is 108 cm³/mol. The Morgan fingerprint density at radius 2 is 1.79 bits per heavy atom. The van der Waals surface area contributed by atoms with Gasteiger partial charge in [-0.1, -0.05) is 24.3 Å². The van der Waals surface area contributed by atoms with Crippen molar-refractivity contribution in [3.8, 4) is 22.9 Å². The van der Waals surface area contributed by atoms with Gasteiger partial charge in [0.05, 0.1) is 7.05 Å². The average Bonchev–Trinajstić information content (AvgIpc) is 3.15. The molecule has 1 unspecified atom stereocenters. The van der Waals surface area contributed by atoms with E-state index in [2.05, 4.69) is 20.7 Å². The van der Waals surface area contributed by atoms with Gasteiger partial charge in [0.15, 0.2) is 0 Å². The van der Waals surface area contributed by atoms with Crippen molar-refractivity contribution in [2.24, 2.45) is 7.05 Å². The second-order valence-electron chi connectivity index (χ2n) is 6.11. The molecule has 0 amide bonds. The molecule has 0 spiro atoms. The Balaban J connectivity index is 1.65. The summed E-state index contributed by atoms with van der Waals surface area (Å²) in [6, 6.07) is 21.6. The minimum atomic E-state index is -2.37. The number of hydrogen-bond acceptors (Lipinski definition) is 7. The number of nitrogens with one attached hydrogen (secondary N) is 1. The predicted octanol–water partition coefficient (Wildman–Crippen LogP) is 3.65. The SMILES string of the molecule is Cn1nnc(-c2cc(S(=O)[O-])ccc2Nc2cccc(Oc3ccccc3)c2)n1. The normalized spacial score (nSPS) is 11.8. The van der Waals surface area contributed by atoms with Gasteiger partial charge >= 0.3 is 0 Å². The summed E-state index contributed by atoms with van der Waals surface area (Å²) in [5, 5.41) is 15.3. The van der Waals surface area contributed by atoms with Crippen LogP contribution in [0.25, 0.3) is 11.4 Å². The van der Waals surface area contributed by atoms with Gasteiger partial charge in [0.1, 0.15) is 11.5 Å². The number of nitrogens with zero attached hydrogens (tertiary/aromatic N) is 4. The summed E-state index contributed by atoms with van der Waals surface area (Å²) in [6.07, 6.45) is 0. The van der Waals surface area contributed by atoms with E-state index in [0.717, 1.165) is 11.4 Å². The van der Waals surface area contributed by atoms with Crippen LogP contribution in [0.4, 0.5) is 11.4 Å². The van der Waals surface area contributed by atoms with Crippen LogP contribution in [0.15, 0.2) is 77.7 Å². The van der Waals surface area contributed by atoms with E-state index in [1.54, 1.807) is 13.1 Å². The number of hydrogen-bond donors (Lipinski definition) is 1. The summed E-state index contributed by atoms with van der Waals surface area (Å²) in [4.78, 5) is 1.45. The smallest absolute Gasteiger partial charge is 0.207 e. The molecule has 0 aliphatic rings. The molecule has 0 radical (unpaired) electrons. The van der Waals surface area contributed by atoms with Crippen LogP contribution < -0.4 is 10.1 Å². The van der Waals surface area contributed by atoms with E-state index >= 15 is 0 Å². The number of tetrazole rings is 1. The maximum absolute atomic E-state index is 11.4. The van der Waals surface area contributed by atoms with Gasteiger partial charge in [-0.3, -0.25) is 4.21 Å². The molecule has 29 heavy (non-hydrogen) atoms. The van der Waals surface area contributed by atoms with Gasteiger partial charge in [-0.25, -0.2) is 0 Å². The van der Waals surface area contributed by atoms with Crippen molar-refractivity contribution in [1.82, 2.24) is 20.2 Å². The second kappa shape index (κ2) is 8.21. The average molecular weight is 406 g/mol. The first-order chi connectivity index (χ1) is 14.1. The maximum Gasteiger partial charge on any atom is 0.207 e. The molecule has 3 aromatic carbocycles. The van der Waals surface area contributed by atoms with Gasteiger partial charge in [-0.2, -0.15) is 4.80 Å². The Bertz CT molecular complexity index is 1160. The summed E-state index contributed by atoms with van der Waals surface area (Å²) >= 11 is -2.37. The molecule has 4 aromatic rings. The highest BCUT2D eigenvalue weighted by Gasteiger charge is 2.13. The van der Waals surface area contributed by atoms with E-state index in [1.165, 1.54) is 16.9 Å². The van der Waals surface area contributed by atoms with Crippen molar-refractivity contribution in [3.05, 3.63) is 72.8 Å². The van der Waals surface area contributed by atoms with Crippen LogP contribution in [0.1, 0.15) is 0 Å². The fourth-order valence-electron chi connectivity index (χ4n) is 2.73. The van der Waals surface area contributed by atoms with Crippen molar-refractivity contribution >= 4 is 22.5 Å². The molecule has 1 N–H and O–H groups in total. The molecule has 0 saturated carbocycles. The number of rotatable bonds is 6. The van der Waals surface area contributed by atoms with Crippen LogP contribution >= 0.6 is 0 Å². The third kappa shape index (κ3) is 4.48. The lowest BCUT2D eigenvalue weighted by atomic mass is 10.1. The fourth-order valence-corrected chi connectivity index (χ4v) is 3.12. The van der Waals surface area contributed by atoms with Gasteiger partial charge in [0.2, 0.25) is 5.82 Å². The van der Waals surface area contributed by atoms with E-state index in [0.29, 0.717) is 22.8 Å². The Hall–Kier alpha value is -3.56. The first kappa shape index (κ1) is 18.8. The summed E-state index contributed by atoms with van der Waals surface area (Å²) in [5.41, 5.74) is 1.93. The number of para-hydroxylation sites is 1. The van der Waals surface area contributed by atoms with Gasteiger partial charge in [0.25, 0.3) is 0 Å². The molecule has 0 saturated heterocycles. The molecule has 0 aliphatic carbocycles. The molecule has 146 valence electrons. The van der Waals surface area contributed by atoms with Gasteiger partial charge < -0.3 is 14.6 Å². The van der Waals surface area contributed by atoms with Crippen LogP contribution in [-0.4, -0.2) is 29.0 Å². The first-order valence-corrected chi connectivity index (χ1v) is 9.74. The minimum absolute atomic E-state index is 0.138. The van der Waals surface area contributed by atoms with E-state index in [1.807, 2.05) is 54.6 Å². The first-order valence-electron chi connectivity index (χ1n) is 8.66. The molecule has 0 bridgehead atoms. The highest BCUT2D eigenvalue weighted by atomic mass is 32.2. The molecular weight excluding hydrogens is 390 g/mol. The molecule has 4 rings (SSSR count). The lowest BCUT2D eigenvalue weighted by Crippen LogP contribution is -1.98. The largest absolute Gasteiger partial charge is 0.768 e. The van der Waals surface area contributed by atoms with Gasteiger partial charge in [-0.15, -0.1) is 10.2 Å². The maximum atomic E-state index is 11.4. The van der Waals surface area contributed by atoms with Crippen molar-refractivity contribution in [2.75, 3.05) is 5.32 Å². The molecule has 1 atom stereocenters. The molecule has 1 heterocycles. The Labute approximate surface area is 169 Å². The quantitative estimate of drug-likeness (QED) is 0.487. The molecular formula is C20H16N5O3S-. The fraction of sp³-hybridized carbons (Fsp3) is 0.0500. The van der Waals surface area contributed by atoms with E-state index in [-0.39, 0.29) is 4.90 Å². The summed E-state index contributed by atoms with van der Waals surface area (Å²) < 4.78 is 28.6. The van der Waals surface area contributed by atoms with Crippen LogP contribution in [0.3, 0.4) is 0 Å². The van der Waals surface area contributed by atoms with Crippen LogP contribution in [-0.2, 0) is 18.1 Å². The van der Waals surface area contributed by atoms with E-state index in [4.69, 9.17) is 4.74 Å². The zero-order valence-electron chi connectivity index (χ0n) is 15.4. The van der Waals surface area contributed by atoms with E-state index in [9.17, 15) is 8.76 Å². The number of anilines is 2. The lowest BCUT2D eigenvalue weighted by molar-refractivity contribution is 0.483. The van der Waals surface area contributed by atoms with Crippen molar-refractivity contribution in [2.45, 2.75) is 4.90 Å². The monoisotopic (exact) mass is 406 g/mol. The summed E-state index contributed by atoms with van der Waals surface area (Å²) in [6.45, 7) is 0. The number of ether oxygens (including phenoxy) is 1. The van der Waals surface area contributed by atoms with Gasteiger partial charge in [-0.05, 0) is 58.8 Å². The highest BCUT2D eigenvalue weighted by Crippen LogP contribution is 2.31. The molecule has 0 aliphatic heterocycles. The summed E-state index contributed by atoms with van der Waals surface area (Å²) in [7, 11) is 1.64. The zero-order valence-corrected chi connectivity index (χ0v) is 16.2. The van der Waals surface area contributed by atoms with Crippen molar-refractivity contribution in [1.29, 1.82) is 0 Å². The minimum Gasteiger partial charge on any atom is -0.768 e. The highest BCUT2D eigenvalue weighted by molar-refractivity contribution is 7.79. The van der Waals surface area contributed by atoms with E-state index < -0.39 is 11.1 Å². The number of aryl methyl sites for hydroxylation is 1. The van der Waals surface area contributed by atoms with Crippen molar-refractivity contribution < 1.29 is 13.5 Å².